The van der Waals surface area contributed by atoms with Gasteiger partial charge in [0.15, 0.2) is 6.29 Å². The molecule has 2 aromatic carbocycles. The lowest BCUT2D eigenvalue weighted by Gasteiger charge is -2.34. The number of nitrogens with zero attached hydrogens (tertiary/aromatic N) is 1. The van der Waals surface area contributed by atoms with Gasteiger partial charge in [0.1, 0.15) is 23.6 Å². The third-order valence-electron chi connectivity index (χ3n) is 8.41. The Bertz CT molecular complexity index is 1460. The maximum Gasteiger partial charge on any atom is 0.573 e. The number of halogens is 3. The minimum Gasteiger partial charge on any atom is -0.497 e. The van der Waals surface area contributed by atoms with Crippen LogP contribution in [0.25, 0.3) is 0 Å². The Morgan fingerprint density at radius 3 is 2.20 bits per heavy atom. The predicted molar refractivity (Wildman–Crippen MR) is 174 cm³/mol. The second-order valence-electron chi connectivity index (χ2n) is 13.3. The zero-order chi connectivity index (χ0) is 37.3. The van der Waals surface area contributed by atoms with Crippen molar-refractivity contribution in [1.29, 1.82) is 0 Å². The fraction of sp³-hybridized carbons (Fsp3) is 0.559. The van der Waals surface area contributed by atoms with Gasteiger partial charge in [0.2, 0.25) is 5.91 Å². The number of alkyl carbamates (subject to hydrolysis) is 1. The minimum absolute atomic E-state index is 0.0908. The van der Waals surface area contributed by atoms with Gasteiger partial charge in [-0.1, -0.05) is 45.0 Å². The molecule has 3 amide bonds. The molecular formula is C34H45F3N4O10. The number of amides is 3. The zero-order valence-corrected chi connectivity index (χ0v) is 29.0. The lowest BCUT2D eigenvalue weighted by atomic mass is 9.85. The number of nitrogens with one attached hydrogen (secondary N) is 3. The van der Waals surface area contributed by atoms with Gasteiger partial charge in [-0.05, 0) is 53.6 Å². The molecule has 51 heavy (non-hydrogen) atoms. The molecule has 17 heteroatoms. The van der Waals surface area contributed by atoms with Crippen LogP contribution in [0.1, 0.15) is 38.3 Å². The van der Waals surface area contributed by atoms with Crippen LogP contribution in [0, 0.1) is 11.3 Å². The summed E-state index contributed by atoms with van der Waals surface area (Å²) in [5.41, 5.74) is 3.04. The number of aliphatic hydroxyl groups excluding tert-OH is 1. The standard InChI is InChI=1S/C34H45F3N4O10/c1-33(2,3)28(39-31(44)47-5)29(43)38-25(16-20-6-10-22(46-4)11-7-20)26(42)18-41(17-21-8-12-23(13-9-21)51-34(35,36)37)40-32(45)50-27-19-49-30-24(27)14-15-48-30/h6-13,24-28,30,42H,14-19H2,1-5H3,(H,38,43)(H,39,44)(H,40,45)/t24-,25-,26-,27-,28+,30+/m0/s1. The number of fused-ring (bicyclic) bond motifs is 1. The van der Waals surface area contributed by atoms with Crippen LogP contribution in [0.4, 0.5) is 22.8 Å². The molecule has 2 aliphatic heterocycles. The summed E-state index contributed by atoms with van der Waals surface area (Å²) in [6.07, 6.45) is -8.19. The molecule has 4 N–H and O–H groups in total. The van der Waals surface area contributed by atoms with Crippen LogP contribution >= 0.6 is 0 Å². The van der Waals surface area contributed by atoms with Crippen molar-refractivity contribution >= 4 is 18.1 Å². The number of methoxy groups -OCH3 is 2. The number of rotatable bonds is 14. The molecule has 0 radical (unpaired) electrons. The number of aliphatic hydroxyl groups is 1. The molecule has 282 valence electrons. The van der Waals surface area contributed by atoms with Crippen LogP contribution in [0.3, 0.4) is 0 Å². The Morgan fingerprint density at radius 2 is 1.59 bits per heavy atom. The van der Waals surface area contributed by atoms with E-state index in [4.69, 9.17) is 23.7 Å². The van der Waals surface area contributed by atoms with Gasteiger partial charge in [-0.15, -0.1) is 13.2 Å². The van der Waals surface area contributed by atoms with Gasteiger partial charge in [-0.25, -0.2) is 14.6 Å². The Kier molecular flexibility index (Phi) is 13.4. The summed E-state index contributed by atoms with van der Waals surface area (Å²) < 4.78 is 68.9. The number of carbonyl (C=O) groups is 3. The Labute approximate surface area is 293 Å². The highest BCUT2D eigenvalue weighted by Gasteiger charge is 2.44. The van der Waals surface area contributed by atoms with Gasteiger partial charge in [0, 0.05) is 13.1 Å². The smallest absolute Gasteiger partial charge is 0.497 e. The second-order valence-corrected chi connectivity index (χ2v) is 13.3. The fourth-order valence-electron chi connectivity index (χ4n) is 5.78. The molecule has 2 saturated heterocycles. The van der Waals surface area contributed by atoms with Crippen molar-refractivity contribution in [2.24, 2.45) is 11.3 Å². The first kappa shape index (κ1) is 39.5. The van der Waals surface area contributed by atoms with Gasteiger partial charge in [0.25, 0.3) is 0 Å². The van der Waals surface area contributed by atoms with Crippen molar-refractivity contribution in [2.75, 3.05) is 34.0 Å². The van der Waals surface area contributed by atoms with Crippen molar-refractivity contribution < 1.29 is 61.1 Å². The van der Waals surface area contributed by atoms with E-state index in [-0.39, 0.29) is 32.0 Å². The lowest BCUT2D eigenvalue weighted by Crippen LogP contribution is -2.59. The van der Waals surface area contributed by atoms with Crippen LogP contribution in [-0.4, -0.2) is 99.1 Å². The lowest BCUT2D eigenvalue weighted by molar-refractivity contribution is -0.274. The van der Waals surface area contributed by atoms with Gasteiger partial charge in [-0.2, -0.15) is 0 Å². The number of hydrogen-bond donors (Lipinski definition) is 4. The van der Waals surface area contributed by atoms with Crippen molar-refractivity contribution in [3.63, 3.8) is 0 Å². The number of carbonyl (C=O) groups excluding carboxylic acids is 3. The molecule has 0 bridgehead atoms. The van der Waals surface area contributed by atoms with E-state index >= 15 is 0 Å². The normalized spacial score (nSPS) is 20.5. The van der Waals surface area contributed by atoms with Crippen molar-refractivity contribution in [3.05, 3.63) is 59.7 Å². The summed E-state index contributed by atoms with van der Waals surface area (Å²) in [7, 11) is 2.69. The van der Waals surface area contributed by atoms with Gasteiger partial charge >= 0.3 is 18.5 Å². The number of benzene rings is 2. The van der Waals surface area contributed by atoms with Crippen molar-refractivity contribution in [2.45, 2.75) is 77.1 Å². The molecule has 4 rings (SSSR count). The molecule has 0 unspecified atom stereocenters. The van der Waals surface area contributed by atoms with E-state index in [1.807, 2.05) is 0 Å². The highest BCUT2D eigenvalue weighted by atomic mass is 19.4. The summed E-state index contributed by atoms with van der Waals surface area (Å²) in [5, 5.41) is 18.4. The third kappa shape index (κ3) is 11.9. The van der Waals surface area contributed by atoms with E-state index < -0.39 is 66.2 Å². The molecule has 0 spiro atoms. The van der Waals surface area contributed by atoms with Gasteiger partial charge in [-0.3, -0.25) is 10.2 Å². The van der Waals surface area contributed by atoms with Gasteiger partial charge < -0.3 is 44.2 Å². The largest absolute Gasteiger partial charge is 0.573 e. The van der Waals surface area contributed by atoms with Crippen LogP contribution in [-0.2, 0) is 36.7 Å². The summed E-state index contributed by atoms with van der Waals surface area (Å²) in [6, 6.07) is 9.94. The van der Waals surface area contributed by atoms with E-state index in [1.165, 1.54) is 31.4 Å². The minimum atomic E-state index is -4.88. The SMILES string of the molecule is COC(=O)N[C@H](C(=O)N[C@@H](Cc1ccc(OC)cc1)[C@@H](O)CN(Cc1ccc(OC(F)(F)F)cc1)NC(=O)O[C@H]1CO[C@H]2OCC[C@H]21)C(C)(C)C. The predicted octanol–water partition coefficient (Wildman–Crippen LogP) is 3.66. The van der Waals surface area contributed by atoms with Crippen molar-refractivity contribution in [1.82, 2.24) is 21.1 Å². The molecule has 14 nitrogen and oxygen atoms in total. The fourth-order valence-corrected chi connectivity index (χ4v) is 5.78. The average Bonchev–Trinajstić information content (AvgIpc) is 3.68. The summed E-state index contributed by atoms with van der Waals surface area (Å²) >= 11 is 0. The summed E-state index contributed by atoms with van der Waals surface area (Å²) in [5.74, 6) is -0.580. The highest BCUT2D eigenvalue weighted by Crippen LogP contribution is 2.33. The second kappa shape index (κ2) is 17.3. The molecule has 2 heterocycles. The first-order valence-corrected chi connectivity index (χ1v) is 16.3. The Morgan fingerprint density at radius 1 is 0.941 bits per heavy atom. The molecule has 2 fully saturated rings. The van der Waals surface area contributed by atoms with E-state index in [9.17, 15) is 32.7 Å². The summed E-state index contributed by atoms with van der Waals surface area (Å²) in [4.78, 5) is 39.0. The molecule has 2 aliphatic rings. The molecule has 0 saturated carbocycles. The van der Waals surface area contributed by atoms with E-state index in [2.05, 4.69) is 20.8 Å². The molecule has 2 aromatic rings. The van der Waals surface area contributed by atoms with Crippen LogP contribution in [0.15, 0.2) is 48.5 Å². The van der Waals surface area contributed by atoms with Gasteiger partial charge in [0.05, 0.1) is 45.5 Å². The quantitative estimate of drug-likeness (QED) is 0.210. The maximum absolute atomic E-state index is 13.7. The average molecular weight is 727 g/mol. The van der Waals surface area contributed by atoms with E-state index in [1.54, 1.807) is 45.0 Å². The number of hydrogen-bond acceptors (Lipinski definition) is 11. The first-order chi connectivity index (χ1) is 24.0. The maximum atomic E-state index is 13.7. The summed E-state index contributed by atoms with van der Waals surface area (Å²) in [6.45, 7) is 5.48. The third-order valence-corrected chi connectivity index (χ3v) is 8.41. The topological polar surface area (TPSA) is 166 Å². The Hall–Kier alpha value is -4.32. The van der Waals surface area contributed by atoms with Crippen LogP contribution in [0.2, 0.25) is 0 Å². The number of alkyl halides is 3. The highest BCUT2D eigenvalue weighted by molar-refractivity contribution is 5.86. The van der Waals surface area contributed by atoms with E-state index in [0.717, 1.165) is 17.7 Å². The zero-order valence-electron chi connectivity index (χ0n) is 29.0. The van der Waals surface area contributed by atoms with Crippen LogP contribution in [0.5, 0.6) is 11.5 Å². The first-order valence-electron chi connectivity index (χ1n) is 16.3. The molecule has 0 aliphatic carbocycles. The molecule has 6 atom stereocenters. The van der Waals surface area contributed by atoms with E-state index in [0.29, 0.717) is 24.3 Å². The Balaban J connectivity index is 1.57. The van der Waals surface area contributed by atoms with Crippen LogP contribution < -0.4 is 25.5 Å². The molecule has 0 aromatic heterocycles. The monoisotopic (exact) mass is 726 g/mol. The molecular weight excluding hydrogens is 681 g/mol. The van der Waals surface area contributed by atoms with Crippen molar-refractivity contribution in [3.8, 4) is 11.5 Å². The number of ether oxygens (including phenoxy) is 6. The number of hydrazine groups is 1.